The second-order valence-electron chi connectivity index (χ2n) is 3.77. The van der Waals surface area contributed by atoms with Crippen molar-refractivity contribution in [3.05, 3.63) is 23.3 Å². The average Bonchev–Trinajstić information content (AvgIpc) is 2.25. The number of benzene rings is 1. The van der Waals surface area contributed by atoms with Gasteiger partial charge >= 0.3 is 0 Å². The molecule has 17 heavy (non-hydrogen) atoms. The fourth-order valence-corrected chi connectivity index (χ4v) is 2.47. The number of anilines is 1. The molecule has 0 atom stereocenters. The van der Waals surface area contributed by atoms with Crippen molar-refractivity contribution in [2.24, 2.45) is 5.73 Å². The molecule has 0 heterocycles. The predicted octanol–water partition coefficient (Wildman–Crippen LogP) is 1.01. The molecule has 0 saturated heterocycles. The van der Waals surface area contributed by atoms with Gasteiger partial charge in [-0.05, 0) is 37.1 Å². The maximum Gasteiger partial charge on any atom is 0.233 e. The molecule has 0 spiro atoms. The molecular weight excluding hydrogens is 240 g/mol. The monoisotopic (exact) mass is 258 g/mol. The van der Waals surface area contributed by atoms with Gasteiger partial charge in [0.25, 0.3) is 0 Å². The van der Waals surface area contributed by atoms with Crippen LogP contribution in [0.5, 0.6) is 5.75 Å². The fraction of sp³-hybridized carbons (Fsp3) is 0.455. The summed E-state index contributed by atoms with van der Waals surface area (Å²) in [4.78, 5) is 0. The maximum atomic E-state index is 11.6. The van der Waals surface area contributed by atoms with Crippen molar-refractivity contribution in [2.45, 2.75) is 13.8 Å². The van der Waals surface area contributed by atoms with E-state index in [0.717, 1.165) is 16.9 Å². The zero-order chi connectivity index (χ0) is 13.1. The minimum atomic E-state index is -3.36. The number of hydrogen-bond donors (Lipinski definition) is 2. The average molecular weight is 258 g/mol. The lowest BCUT2D eigenvalue weighted by molar-refractivity contribution is 0.411. The molecule has 3 N–H and O–H groups in total. The van der Waals surface area contributed by atoms with Crippen LogP contribution >= 0.6 is 0 Å². The lowest BCUT2D eigenvalue weighted by Gasteiger charge is -2.14. The van der Waals surface area contributed by atoms with Gasteiger partial charge in [0.05, 0.1) is 18.6 Å². The maximum absolute atomic E-state index is 11.6. The highest BCUT2D eigenvalue weighted by atomic mass is 32.2. The van der Waals surface area contributed by atoms with Crippen molar-refractivity contribution in [3.63, 3.8) is 0 Å². The SMILES string of the molecule is COc1ccc(NS(=O)(=O)CCN)c(C)c1C. The molecule has 0 amide bonds. The van der Waals surface area contributed by atoms with Gasteiger partial charge in [-0.1, -0.05) is 0 Å². The van der Waals surface area contributed by atoms with Gasteiger partial charge in [0.15, 0.2) is 0 Å². The summed E-state index contributed by atoms with van der Waals surface area (Å²) in [5.74, 6) is 0.654. The second-order valence-corrected chi connectivity index (χ2v) is 5.62. The van der Waals surface area contributed by atoms with Gasteiger partial charge in [0.2, 0.25) is 10.0 Å². The van der Waals surface area contributed by atoms with Crippen LogP contribution in [-0.4, -0.2) is 27.8 Å². The van der Waals surface area contributed by atoms with Gasteiger partial charge in [-0.2, -0.15) is 0 Å². The van der Waals surface area contributed by atoms with Crippen molar-refractivity contribution in [3.8, 4) is 5.75 Å². The molecule has 5 nitrogen and oxygen atoms in total. The van der Waals surface area contributed by atoms with Crippen LogP contribution in [0, 0.1) is 13.8 Å². The number of sulfonamides is 1. The van der Waals surface area contributed by atoms with E-state index in [0.29, 0.717) is 5.69 Å². The Morgan fingerprint density at radius 1 is 1.29 bits per heavy atom. The van der Waals surface area contributed by atoms with E-state index in [1.807, 2.05) is 13.8 Å². The highest BCUT2D eigenvalue weighted by Gasteiger charge is 2.13. The van der Waals surface area contributed by atoms with Crippen LogP contribution in [-0.2, 0) is 10.0 Å². The zero-order valence-electron chi connectivity index (χ0n) is 10.3. The Labute approximate surface area is 102 Å². The third-order valence-corrected chi connectivity index (χ3v) is 3.91. The van der Waals surface area contributed by atoms with Crippen LogP contribution < -0.4 is 15.2 Å². The first kappa shape index (κ1) is 13.8. The Bertz CT molecular complexity index is 498. The van der Waals surface area contributed by atoms with E-state index in [1.54, 1.807) is 19.2 Å². The molecule has 96 valence electrons. The second kappa shape index (κ2) is 5.37. The lowest BCUT2D eigenvalue weighted by Crippen LogP contribution is -2.22. The summed E-state index contributed by atoms with van der Waals surface area (Å²) in [5, 5.41) is 0. The van der Waals surface area contributed by atoms with Gasteiger partial charge in [0, 0.05) is 6.54 Å². The van der Waals surface area contributed by atoms with E-state index in [4.69, 9.17) is 10.5 Å². The van der Waals surface area contributed by atoms with Gasteiger partial charge in [-0.15, -0.1) is 0 Å². The van der Waals surface area contributed by atoms with Crippen LogP contribution in [0.3, 0.4) is 0 Å². The van der Waals surface area contributed by atoms with E-state index in [-0.39, 0.29) is 12.3 Å². The fourth-order valence-electron chi connectivity index (χ4n) is 1.50. The largest absolute Gasteiger partial charge is 0.496 e. The number of ether oxygens (including phenoxy) is 1. The van der Waals surface area contributed by atoms with Gasteiger partial charge < -0.3 is 10.5 Å². The minimum absolute atomic E-state index is 0.0858. The quantitative estimate of drug-likeness (QED) is 0.826. The number of nitrogens with one attached hydrogen (secondary N) is 1. The molecule has 0 radical (unpaired) electrons. The summed E-state index contributed by atoms with van der Waals surface area (Å²) in [6.45, 7) is 3.83. The van der Waals surface area contributed by atoms with Gasteiger partial charge in [-0.3, -0.25) is 4.72 Å². The summed E-state index contributed by atoms with van der Waals surface area (Å²) >= 11 is 0. The number of rotatable bonds is 5. The molecule has 0 aromatic heterocycles. The van der Waals surface area contributed by atoms with E-state index >= 15 is 0 Å². The van der Waals surface area contributed by atoms with Crippen molar-refractivity contribution < 1.29 is 13.2 Å². The summed E-state index contributed by atoms with van der Waals surface area (Å²) in [6, 6.07) is 3.43. The van der Waals surface area contributed by atoms with Crippen LogP contribution in [0.25, 0.3) is 0 Å². The molecule has 1 aromatic rings. The first-order valence-electron chi connectivity index (χ1n) is 5.26. The molecule has 1 rings (SSSR count). The van der Waals surface area contributed by atoms with Crippen molar-refractivity contribution in [2.75, 3.05) is 24.1 Å². The van der Waals surface area contributed by atoms with Crippen LogP contribution in [0.2, 0.25) is 0 Å². The van der Waals surface area contributed by atoms with Crippen LogP contribution in [0.4, 0.5) is 5.69 Å². The third kappa shape index (κ3) is 3.34. The predicted molar refractivity (Wildman–Crippen MR) is 68.9 cm³/mol. The smallest absolute Gasteiger partial charge is 0.233 e. The summed E-state index contributed by atoms with van der Waals surface area (Å²) in [7, 11) is -1.78. The molecule has 0 unspecified atom stereocenters. The topological polar surface area (TPSA) is 81.4 Å². The highest BCUT2D eigenvalue weighted by molar-refractivity contribution is 7.92. The number of methoxy groups -OCH3 is 1. The Hall–Kier alpha value is -1.27. The van der Waals surface area contributed by atoms with Crippen molar-refractivity contribution >= 4 is 15.7 Å². The first-order valence-corrected chi connectivity index (χ1v) is 6.91. The lowest BCUT2D eigenvalue weighted by atomic mass is 10.1. The van der Waals surface area contributed by atoms with E-state index < -0.39 is 10.0 Å². The normalized spacial score (nSPS) is 11.3. The van der Waals surface area contributed by atoms with Gasteiger partial charge in [0.1, 0.15) is 5.75 Å². The Kier molecular flexibility index (Phi) is 4.36. The third-order valence-electron chi connectivity index (χ3n) is 2.61. The first-order chi connectivity index (χ1) is 7.91. The number of hydrogen-bond acceptors (Lipinski definition) is 4. The standard InChI is InChI=1S/C11H18N2O3S/c1-8-9(2)11(16-3)5-4-10(8)13-17(14,15)7-6-12/h4-5,13H,6-7,12H2,1-3H3. The van der Waals surface area contributed by atoms with Crippen LogP contribution in [0.1, 0.15) is 11.1 Å². The minimum Gasteiger partial charge on any atom is -0.496 e. The Morgan fingerprint density at radius 3 is 2.47 bits per heavy atom. The van der Waals surface area contributed by atoms with E-state index in [9.17, 15) is 8.42 Å². The molecule has 0 bridgehead atoms. The molecule has 0 fully saturated rings. The zero-order valence-corrected chi connectivity index (χ0v) is 11.1. The molecule has 6 heteroatoms. The molecular formula is C11H18N2O3S. The number of nitrogens with two attached hydrogens (primary N) is 1. The van der Waals surface area contributed by atoms with Crippen LogP contribution in [0.15, 0.2) is 12.1 Å². The van der Waals surface area contributed by atoms with E-state index in [1.165, 1.54) is 0 Å². The molecule has 0 aliphatic rings. The van der Waals surface area contributed by atoms with Crippen molar-refractivity contribution in [1.29, 1.82) is 0 Å². The molecule has 0 aliphatic carbocycles. The molecule has 0 aliphatic heterocycles. The summed E-state index contributed by atoms with van der Waals surface area (Å²) in [5.41, 5.74) is 7.58. The van der Waals surface area contributed by atoms with Gasteiger partial charge in [-0.25, -0.2) is 8.42 Å². The van der Waals surface area contributed by atoms with Crippen molar-refractivity contribution in [1.82, 2.24) is 0 Å². The molecule has 1 aromatic carbocycles. The molecule has 0 saturated carbocycles. The highest BCUT2D eigenvalue weighted by Crippen LogP contribution is 2.27. The summed E-state index contributed by atoms with van der Waals surface area (Å²) in [6.07, 6.45) is 0. The summed E-state index contributed by atoms with van der Waals surface area (Å²) < 4.78 is 30.9. The van der Waals surface area contributed by atoms with E-state index in [2.05, 4.69) is 4.72 Å². The Morgan fingerprint density at radius 2 is 1.94 bits per heavy atom. The Balaban J connectivity index is 3.05.